The van der Waals surface area contributed by atoms with Crippen molar-refractivity contribution in [3.63, 3.8) is 0 Å². The highest BCUT2D eigenvalue weighted by molar-refractivity contribution is 6.22. The van der Waals surface area contributed by atoms with Gasteiger partial charge in [0.05, 0.1) is 74.6 Å². The van der Waals surface area contributed by atoms with E-state index in [1.807, 2.05) is 0 Å². The van der Waals surface area contributed by atoms with E-state index < -0.39 is 84.7 Å². The molecule has 8 amide bonds. The number of aryl methyl sites for hydroxylation is 2. The lowest BCUT2D eigenvalue weighted by Crippen LogP contribution is -2.46. The zero-order valence-corrected chi connectivity index (χ0v) is 37.6. The number of hydrogen-bond acceptors (Lipinski definition) is 14. The Kier molecular flexibility index (Phi) is 14.3. The molecule has 2 aliphatic heterocycles. The number of carbonyl (C=O) groups is 9. The predicted molar refractivity (Wildman–Crippen MR) is 232 cm³/mol. The summed E-state index contributed by atoms with van der Waals surface area (Å²) in [5.74, 6) is -7.39. The van der Waals surface area contributed by atoms with Gasteiger partial charge in [0.2, 0.25) is 11.8 Å². The van der Waals surface area contributed by atoms with Gasteiger partial charge in [-0.2, -0.15) is 0 Å². The Morgan fingerprint density at radius 1 is 0.545 bits per heavy atom. The summed E-state index contributed by atoms with van der Waals surface area (Å²) in [6.45, 7) is 8.16. The summed E-state index contributed by atoms with van der Waals surface area (Å²) in [6, 6.07) is 15.7. The maximum absolute atomic E-state index is 14.2. The monoisotopic (exact) mass is 904 g/mol. The number of imide groups is 4. The van der Waals surface area contributed by atoms with Crippen LogP contribution in [0.1, 0.15) is 116 Å². The first kappa shape index (κ1) is 47.6. The Morgan fingerprint density at radius 2 is 0.970 bits per heavy atom. The quantitative estimate of drug-likeness (QED) is 0.101. The fraction of sp³-hybridized carbons (Fsp3) is 0.312. The van der Waals surface area contributed by atoms with Crippen molar-refractivity contribution in [3.8, 4) is 23.0 Å². The molecule has 0 N–H and O–H groups in total. The lowest BCUT2D eigenvalue weighted by Gasteiger charge is -2.29. The van der Waals surface area contributed by atoms with Crippen molar-refractivity contribution in [1.29, 1.82) is 0 Å². The number of carbonyl (C=O) groups excluding carboxylic acids is 9. The molecule has 0 radical (unpaired) electrons. The molecule has 0 spiro atoms. The van der Waals surface area contributed by atoms with E-state index in [0.717, 1.165) is 23.6 Å². The van der Waals surface area contributed by atoms with Gasteiger partial charge in [-0.15, -0.1) is 5.06 Å². The molecule has 4 aromatic rings. The summed E-state index contributed by atoms with van der Waals surface area (Å²) in [4.78, 5) is 131. The summed E-state index contributed by atoms with van der Waals surface area (Å²) in [6.07, 6.45) is -1.49. The van der Waals surface area contributed by atoms with Gasteiger partial charge in [0.25, 0.3) is 35.4 Å². The molecule has 2 aliphatic rings. The Morgan fingerprint density at radius 3 is 1.36 bits per heavy atom. The predicted octanol–water partition coefficient (Wildman–Crippen LogP) is 5.48. The van der Waals surface area contributed by atoms with Gasteiger partial charge in [0.1, 0.15) is 6.54 Å². The van der Waals surface area contributed by atoms with Gasteiger partial charge >= 0.3 is 5.97 Å². The molecule has 0 bridgehead atoms. The van der Waals surface area contributed by atoms with Crippen LogP contribution in [0, 0.1) is 13.8 Å². The number of rotatable bonds is 16. The highest BCUT2D eigenvalue weighted by Crippen LogP contribution is 2.40. The Balaban J connectivity index is 1.28. The third-order valence-electron chi connectivity index (χ3n) is 10.9. The number of methoxy groups -OCH3 is 2. The maximum Gasteiger partial charge on any atom is 0.352 e. The standard InChI is InChI=1S/C48H48N4O14/c1-9-64-40-21-30(13-17-38(40)62-7)36(50-45(58)32-15-11-26(3)19-34(32)47(50)60)23-42(55)49(28(5)53)25-44(57)66-52(29(6)54)43(56)24-37(31-14-18-39(63-8)41(22-31)65-10-2)51-46(59)33-16-12-27(4)20-35(33)48(51)61/h11-22,36-37H,9-10,23-25H2,1-8H3. The molecule has 0 aliphatic carbocycles. The van der Waals surface area contributed by atoms with Crippen LogP contribution < -0.4 is 18.9 Å². The third kappa shape index (κ3) is 9.47. The minimum absolute atomic E-state index is 0.0903. The fourth-order valence-electron chi connectivity index (χ4n) is 7.82. The van der Waals surface area contributed by atoms with Crippen LogP contribution in [0.25, 0.3) is 0 Å². The van der Waals surface area contributed by atoms with E-state index in [-0.39, 0.29) is 63.2 Å². The highest BCUT2D eigenvalue weighted by atomic mass is 16.7. The van der Waals surface area contributed by atoms with Crippen LogP contribution in [0.4, 0.5) is 0 Å². The van der Waals surface area contributed by atoms with Crippen molar-refractivity contribution in [1.82, 2.24) is 19.8 Å². The van der Waals surface area contributed by atoms with E-state index in [1.54, 1.807) is 45.9 Å². The molecule has 0 aromatic heterocycles. The minimum Gasteiger partial charge on any atom is -0.493 e. The van der Waals surface area contributed by atoms with Gasteiger partial charge in [-0.05, 0) is 87.4 Å². The van der Waals surface area contributed by atoms with Crippen LogP contribution in [0.15, 0.2) is 72.8 Å². The molecule has 2 atom stereocenters. The SMILES string of the molecule is CCOc1cc(C(CC(=O)N(CC(=O)ON(C(C)=O)C(=O)CC(c2ccc(OC)c(OCC)c2)N2C(=O)c3ccc(C)cc3C2=O)C(C)=O)N2C(=O)c3ccc(C)cc3C2=O)ccc1OC. The molecule has 4 aromatic carbocycles. The second kappa shape index (κ2) is 19.9. The number of amides is 8. The molecule has 0 fully saturated rings. The summed E-state index contributed by atoms with van der Waals surface area (Å²) < 4.78 is 22.3. The summed E-state index contributed by atoms with van der Waals surface area (Å²) in [5, 5.41) is 0.115. The van der Waals surface area contributed by atoms with Gasteiger partial charge in [-0.25, -0.2) is 4.79 Å². The molecule has 2 heterocycles. The zero-order valence-electron chi connectivity index (χ0n) is 37.6. The van der Waals surface area contributed by atoms with Crippen molar-refractivity contribution < 1.29 is 66.9 Å². The van der Waals surface area contributed by atoms with Crippen molar-refractivity contribution in [2.75, 3.05) is 34.0 Å². The van der Waals surface area contributed by atoms with Crippen LogP contribution in [-0.2, 0) is 28.8 Å². The van der Waals surface area contributed by atoms with Gasteiger partial charge < -0.3 is 23.8 Å². The van der Waals surface area contributed by atoms with Gasteiger partial charge in [-0.3, -0.25) is 53.1 Å². The van der Waals surface area contributed by atoms with Gasteiger partial charge in [0, 0.05) is 13.8 Å². The largest absolute Gasteiger partial charge is 0.493 e. The third-order valence-corrected chi connectivity index (χ3v) is 10.9. The number of fused-ring (bicyclic) bond motifs is 2. The maximum atomic E-state index is 14.2. The summed E-state index contributed by atoms with van der Waals surface area (Å²) in [5.41, 5.74) is 2.29. The molecule has 6 rings (SSSR count). The molecule has 18 heteroatoms. The minimum atomic E-state index is -1.41. The molecule has 18 nitrogen and oxygen atoms in total. The number of benzene rings is 4. The van der Waals surface area contributed by atoms with Crippen LogP contribution in [0.2, 0.25) is 0 Å². The number of hydroxylamine groups is 2. The van der Waals surface area contributed by atoms with Crippen molar-refractivity contribution in [2.45, 2.75) is 66.5 Å². The fourth-order valence-corrected chi connectivity index (χ4v) is 7.82. The second-order valence-corrected chi connectivity index (χ2v) is 15.4. The van der Waals surface area contributed by atoms with Gasteiger partial charge in [-0.1, -0.05) is 35.4 Å². The molecule has 66 heavy (non-hydrogen) atoms. The molecule has 0 saturated heterocycles. The van der Waals surface area contributed by atoms with E-state index >= 15 is 0 Å². The Hall–Kier alpha value is -7.89. The number of nitrogens with zero attached hydrogens (tertiary/aromatic N) is 4. The second-order valence-electron chi connectivity index (χ2n) is 15.4. The van der Waals surface area contributed by atoms with Crippen LogP contribution in [-0.4, -0.2) is 107 Å². The molecule has 344 valence electrons. The topological polar surface area (TPSA) is 213 Å². The number of hydrogen-bond donors (Lipinski definition) is 0. The zero-order chi connectivity index (χ0) is 48.1. The average Bonchev–Trinajstić information content (AvgIpc) is 3.67. The normalized spacial score (nSPS) is 13.7. The smallest absolute Gasteiger partial charge is 0.352 e. The van der Waals surface area contributed by atoms with Crippen LogP contribution >= 0.6 is 0 Å². The lowest BCUT2D eigenvalue weighted by atomic mass is 10.00. The van der Waals surface area contributed by atoms with E-state index in [1.165, 1.54) is 68.8 Å². The van der Waals surface area contributed by atoms with Crippen molar-refractivity contribution in [3.05, 3.63) is 117 Å². The van der Waals surface area contributed by atoms with E-state index in [0.29, 0.717) is 27.5 Å². The average molecular weight is 905 g/mol. The van der Waals surface area contributed by atoms with Gasteiger partial charge in [0.15, 0.2) is 23.0 Å². The van der Waals surface area contributed by atoms with E-state index in [4.69, 9.17) is 23.8 Å². The lowest BCUT2D eigenvalue weighted by molar-refractivity contribution is -0.202. The first-order valence-electron chi connectivity index (χ1n) is 20.9. The van der Waals surface area contributed by atoms with Crippen molar-refractivity contribution in [2.24, 2.45) is 0 Å². The van der Waals surface area contributed by atoms with E-state index in [2.05, 4.69) is 0 Å². The van der Waals surface area contributed by atoms with E-state index in [9.17, 15) is 43.2 Å². The first-order chi connectivity index (χ1) is 31.4. The summed E-state index contributed by atoms with van der Waals surface area (Å²) in [7, 11) is 2.83. The highest BCUT2D eigenvalue weighted by Gasteiger charge is 2.45. The molecular weight excluding hydrogens is 857 g/mol. The van der Waals surface area contributed by atoms with Crippen LogP contribution in [0.5, 0.6) is 23.0 Å². The Labute approximate surface area is 379 Å². The molecule has 2 unspecified atom stereocenters. The van der Waals surface area contributed by atoms with Crippen LogP contribution in [0.3, 0.4) is 0 Å². The summed E-state index contributed by atoms with van der Waals surface area (Å²) >= 11 is 0. The van der Waals surface area contributed by atoms with Crippen molar-refractivity contribution >= 4 is 53.2 Å². The Bertz CT molecular complexity index is 2500. The first-order valence-corrected chi connectivity index (χ1v) is 20.9. The molecule has 0 saturated carbocycles. The number of ether oxygens (including phenoxy) is 4. The molecular formula is C48H48N4O14.